The van der Waals surface area contributed by atoms with Gasteiger partial charge in [0.1, 0.15) is 0 Å². The molecule has 0 aliphatic carbocycles. The molecule has 2 rings (SSSR count). The number of hydrogen-bond donors (Lipinski definition) is 3. The number of carbonyl (C=O) groups is 1. The minimum Gasteiger partial charge on any atom is -0.478 e. The first-order valence-electron chi connectivity index (χ1n) is 8.51. The second-order valence-electron chi connectivity index (χ2n) is 6.10. The zero-order valence-electron chi connectivity index (χ0n) is 14.9. The molecule has 2 aromatic rings. The number of benzene rings is 2. The Balaban J connectivity index is 2.15. The summed E-state index contributed by atoms with van der Waals surface area (Å²) in [5.74, 6) is -1.17. The second-order valence-corrected chi connectivity index (χ2v) is 7.87. The lowest BCUT2D eigenvalue weighted by Crippen LogP contribution is -2.26. The SMILES string of the molecule is CC[C@@H](C)Nc1ccc(S(=O)(=O)NCCc2ccccc2)cc1C(=O)O. The van der Waals surface area contributed by atoms with E-state index < -0.39 is 16.0 Å². The Bertz CT molecular complexity index is 851. The number of nitrogens with one attached hydrogen (secondary N) is 2. The number of sulfonamides is 1. The highest BCUT2D eigenvalue weighted by molar-refractivity contribution is 7.89. The van der Waals surface area contributed by atoms with E-state index >= 15 is 0 Å². The molecule has 0 amide bonds. The molecule has 0 spiro atoms. The van der Waals surface area contributed by atoms with Gasteiger partial charge >= 0.3 is 5.97 Å². The van der Waals surface area contributed by atoms with Gasteiger partial charge in [0.05, 0.1) is 10.5 Å². The predicted octanol–water partition coefficient (Wildman–Crippen LogP) is 3.12. The second kappa shape index (κ2) is 8.82. The Morgan fingerprint density at radius 2 is 1.85 bits per heavy atom. The summed E-state index contributed by atoms with van der Waals surface area (Å²) < 4.78 is 27.4. The number of carboxylic acids is 1. The Labute approximate surface area is 154 Å². The number of aromatic carboxylic acids is 1. The molecule has 6 nitrogen and oxygen atoms in total. The van der Waals surface area contributed by atoms with Crippen molar-refractivity contribution in [1.29, 1.82) is 0 Å². The molecule has 0 fully saturated rings. The molecule has 7 heteroatoms. The fourth-order valence-corrected chi connectivity index (χ4v) is 3.48. The average Bonchev–Trinajstić information content (AvgIpc) is 2.62. The van der Waals surface area contributed by atoms with Crippen LogP contribution in [-0.2, 0) is 16.4 Å². The van der Waals surface area contributed by atoms with Crippen LogP contribution in [0.1, 0.15) is 36.2 Å². The summed E-state index contributed by atoms with van der Waals surface area (Å²) in [4.78, 5) is 11.5. The van der Waals surface area contributed by atoms with Crippen molar-refractivity contribution in [3.63, 3.8) is 0 Å². The highest BCUT2D eigenvalue weighted by Gasteiger charge is 2.19. The minimum atomic E-state index is -3.78. The summed E-state index contributed by atoms with van der Waals surface area (Å²) in [6.45, 7) is 4.15. The van der Waals surface area contributed by atoms with Gasteiger partial charge in [-0.2, -0.15) is 0 Å². The Hall–Kier alpha value is -2.38. The van der Waals surface area contributed by atoms with Crippen LogP contribution in [0.25, 0.3) is 0 Å². The van der Waals surface area contributed by atoms with Crippen molar-refractivity contribution in [2.75, 3.05) is 11.9 Å². The van der Waals surface area contributed by atoms with Crippen molar-refractivity contribution in [1.82, 2.24) is 4.72 Å². The molecule has 0 unspecified atom stereocenters. The first-order chi connectivity index (χ1) is 12.3. The maximum Gasteiger partial charge on any atom is 0.337 e. The van der Waals surface area contributed by atoms with E-state index in [1.165, 1.54) is 18.2 Å². The molecule has 0 radical (unpaired) electrons. The molecule has 0 aliphatic rings. The fourth-order valence-electron chi connectivity index (χ4n) is 2.42. The molecule has 26 heavy (non-hydrogen) atoms. The third-order valence-corrected chi connectivity index (χ3v) is 5.55. The highest BCUT2D eigenvalue weighted by atomic mass is 32.2. The molecular weight excluding hydrogens is 352 g/mol. The highest BCUT2D eigenvalue weighted by Crippen LogP contribution is 2.22. The van der Waals surface area contributed by atoms with Crippen molar-refractivity contribution in [2.45, 2.75) is 37.6 Å². The molecule has 0 bridgehead atoms. The predicted molar refractivity (Wildman–Crippen MR) is 102 cm³/mol. The van der Waals surface area contributed by atoms with Gasteiger partial charge in [-0.05, 0) is 43.5 Å². The van der Waals surface area contributed by atoms with Crippen LogP contribution in [-0.4, -0.2) is 32.1 Å². The van der Waals surface area contributed by atoms with Crippen molar-refractivity contribution < 1.29 is 18.3 Å². The monoisotopic (exact) mass is 376 g/mol. The molecule has 140 valence electrons. The van der Waals surface area contributed by atoms with Gasteiger partial charge in [-0.25, -0.2) is 17.9 Å². The standard InChI is InChI=1S/C19H24N2O4S/c1-3-14(2)21-18-10-9-16(13-17(18)19(22)23)26(24,25)20-12-11-15-7-5-4-6-8-15/h4-10,13-14,20-21H,3,11-12H2,1-2H3,(H,22,23)/t14-/m1/s1. The van der Waals surface area contributed by atoms with Crippen LogP contribution in [0, 0.1) is 0 Å². The van der Waals surface area contributed by atoms with E-state index in [0.717, 1.165) is 12.0 Å². The van der Waals surface area contributed by atoms with Gasteiger partial charge in [0.2, 0.25) is 10.0 Å². The summed E-state index contributed by atoms with van der Waals surface area (Å²) in [5, 5.41) is 12.5. The lowest BCUT2D eigenvalue weighted by Gasteiger charge is -2.16. The van der Waals surface area contributed by atoms with Crippen LogP contribution >= 0.6 is 0 Å². The Kier molecular flexibility index (Phi) is 6.76. The molecule has 1 atom stereocenters. The van der Waals surface area contributed by atoms with Gasteiger partial charge in [-0.15, -0.1) is 0 Å². The summed E-state index contributed by atoms with van der Waals surface area (Å²) in [5.41, 5.74) is 1.38. The zero-order chi connectivity index (χ0) is 19.2. The van der Waals surface area contributed by atoms with E-state index in [9.17, 15) is 18.3 Å². The van der Waals surface area contributed by atoms with Crippen LogP contribution in [0.2, 0.25) is 0 Å². The van der Waals surface area contributed by atoms with E-state index in [1.807, 2.05) is 44.2 Å². The topological polar surface area (TPSA) is 95.5 Å². The number of hydrogen-bond acceptors (Lipinski definition) is 4. The summed E-state index contributed by atoms with van der Waals surface area (Å²) in [7, 11) is -3.78. The molecule has 0 aromatic heterocycles. The minimum absolute atomic E-state index is 0.0577. The van der Waals surface area contributed by atoms with E-state index in [0.29, 0.717) is 12.1 Å². The summed E-state index contributed by atoms with van der Waals surface area (Å²) in [6.07, 6.45) is 1.37. The van der Waals surface area contributed by atoms with Crippen LogP contribution < -0.4 is 10.0 Å². The molecule has 2 aromatic carbocycles. The lowest BCUT2D eigenvalue weighted by molar-refractivity contribution is 0.0697. The molecule has 3 N–H and O–H groups in total. The normalized spacial score (nSPS) is 12.5. The molecule has 0 saturated carbocycles. The van der Waals surface area contributed by atoms with Crippen LogP contribution in [0.4, 0.5) is 5.69 Å². The quantitative estimate of drug-likeness (QED) is 0.625. The van der Waals surface area contributed by atoms with E-state index in [2.05, 4.69) is 10.0 Å². The number of rotatable bonds is 9. The molecule has 0 heterocycles. The summed E-state index contributed by atoms with van der Waals surface area (Å²) >= 11 is 0. The first-order valence-corrected chi connectivity index (χ1v) is 9.99. The van der Waals surface area contributed by atoms with Crippen LogP contribution in [0.15, 0.2) is 53.4 Å². The number of carboxylic acid groups (broad SMARTS) is 1. The van der Waals surface area contributed by atoms with Crippen molar-refractivity contribution in [3.05, 3.63) is 59.7 Å². The van der Waals surface area contributed by atoms with Gasteiger partial charge < -0.3 is 10.4 Å². The maximum absolute atomic E-state index is 12.5. The maximum atomic E-state index is 12.5. The average molecular weight is 376 g/mol. The lowest BCUT2D eigenvalue weighted by atomic mass is 10.1. The van der Waals surface area contributed by atoms with Crippen molar-refractivity contribution in [2.24, 2.45) is 0 Å². The fraction of sp³-hybridized carbons (Fsp3) is 0.316. The van der Waals surface area contributed by atoms with Crippen molar-refractivity contribution >= 4 is 21.7 Å². The smallest absolute Gasteiger partial charge is 0.337 e. The first kappa shape index (κ1) is 19.9. The van der Waals surface area contributed by atoms with E-state index in [1.54, 1.807) is 0 Å². The van der Waals surface area contributed by atoms with Crippen molar-refractivity contribution in [3.8, 4) is 0 Å². The van der Waals surface area contributed by atoms with Gasteiger partial charge in [0.15, 0.2) is 0 Å². The Morgan fingerprint density at radius 3 is 2.46 bits per heavy atom. The third-order valence-electron chi connectivity index (χ3n) is 4.09. The van der Waals surface area contributed by atoms with Crippen LogP contribution in [0.5, 0.6) is 0 Å². The van der Waals surface area contributed by atoms with Gasteiger partial charge in [0, 0.05) is 18.3 Å². The van der Waals surface area contributed by atoms with Crippen LogP contribution in [0.3, 0.4) is 0 Å². The summed E-state index contributed by atoms with van der Waals surface area (Å²) in [6, 6.07) is 13.7. The largest absolute Gasteiger partial charge is 0.478 e. The molecule has 0 aliphatic heterocycles. The number of anilines is 1. The van der Waals surface area contributed by atoms with E-state index in [-0.39, 0.29) is 23.0 Å². The van der Waals surface area contributed by atoms with Gasteiger partial charge in [-0.1, -0.05) is 37.3 Å². The third kappa shape index (κ3) is 5.31. The molecular formula is C19H24N2O4S. The van der Waals surface area contributed by atoms with Gasteiger partial charge in [-0.3, -0.25) is 0 Å². The molecule has 0 saturated heterocycles. The zero-order valence-corrected chi connectivity index (χ0v) is 15.7. The van der Waals surface area contributed by atoms with E-state index in [4.69, 9.17) is 0 Å². The van der Waals surface area contributed by atoms with Gasteiger partial charge in [0.25, 0.3) is 0 Å². The Morgan fingerprint density at radius 1 is 1.15 bits per heavy atom.